The van der Waals surface area contributed by atoms with Gasteiger partial charge in [0.25, 0.3) is 0 Å². The van der Waals surface area contributed by atoms with Gasteiger partial charge in [0.15, 0.2) is 0 Å². The molecule has 9 rings (SSSR count). The zero-order chi connectivity index (χ0) is 42.0. The van der Waals surface area contributed by atoms with E-state index in [9.17, 15) is 38.9 Å². The van der Waals surface area contributed by atoms with Gasteiger partial charge in [0.1, 0.15) is 30.4 Å². The highest BCUT2D eigenvalue weighted by atomic mass is 32.2. The van der Waals surface area contributed by atoms with Crippen molar-refractivity contribution in [2.24, 2.45) is 0 Å². The third kappa shape index (κ3) is 7.48. The van der Waals surface area contributed by atoms with E-state index in [-0.39, 0.29) is 0 Å². The molecule has 0 aliphatic carbocycles. The largest absolute Gasteiger partial charge is 0.744 e. The first kappa shape index (κ1) is 38.6. The van der Waals surface area contributed by atoms with Gasteiger partial charge in [0.2, 0.25) is 0 Å². The number of rotatable bonds is 7. The van der Waals surface area contributed by atoms with Crippen LogP contribution in [-0.4, -0.2) is 63.8 Å². The van der Waals surface area contributed by atoms with Crippen molar-refractivity contribution in [1.82, 2.24) is 24.9 Å². The number of aromatic nitrogens is 5. The van der Waals surface area contributed by atoms with E-state index < -0.39 is 45.0 Å². The predicted molar refractivity (Wildman–Crippen MR) is 221 cm³/mol. The summed E-state index contributed by atoms with van der Waals surface area (Å²) < 4.78 is 108. The molecule has 0 saturated carbocycles. The maximum Gasteiger partial charge on any atom is 0.124 e. The van der Waals surface area contributed by atoms with Gasteiger partial charge in [-0.25, -0.2) is 35.2 Å². The molecule has 6 heterocycles. The lowest BCUT2D eigenvalue weighted by Crippen LogP contribution is -1.99. The molecule has 4 aromatic heterocycles. The molecule has 17 heteroatoms. The highest BCUT2D eigenvalue weighted by molar-refractivity contribution is 7.86. The SMILES string of the molecule is O=S(=O)([O-])c1ccc(C2=Cc3cc4ccc(cc5nc(cc6[nH]c(c(-c7ccc(S(=O)(=O)[O-])cc7)c2n3)c(-c2ccc(S(=O)(=O)[O-])cc2)c6-c2ccncc2)C=C5)[nH]4)cc1. The molecule has 8 bridgehead atoms. The highest BCUT2D eigenvalue weighted by Gasteiger charge is 2.25. The number of hydrogen-bond acceptors (Lipinski definition) is 12. The molecule has 0 saturated heterocycles. The van der Waals surface area contributed by atoms with Crippen molar-refractivity contribution in [3.63, 3.8) is 0 Å². The van der Waals surface area contributed by atoms with E-state index >= 15 is 0 Å². The fraction of sp³-hybridized carbons (Fsp3) is 0. The maximum atomic E-state index is 12.1. The second-order valence-corrected chi connectivity index (χ2v) is 17.9. The molecule has 298 valence electrons. The molecular weight excluding hydrogens is 827 g/mol. The van der Waals surface area contributed by atoms with Crippen molar-refractivity contribution in [3.05, 3.63) is 156 Å². The molecule has 0 spiro atoms. The monoisotopic (exact) mass is 852 g/mol. The molecule has 0 radical (unpaired) electrons. The van der Waals surface area contributed by atoms with E-state index in [1.807, 2.05) is 36.4 Å². The number of benzene rings is 3. The van der Waals surface area contributed by atoms with E-state index in [0.717, 1.165) is 5.52 Å². The van der Waals surface area contributed by atoms with Crippen LogP contribution in [0.4, 0.5) is 0 Å². The maximum absolute atomic E-state index is 12.1. The summed E-state index contributed by atoms with van der Waals surface area (Å²) in [6.45, 7) is 0. The Bertz CT molecular complexity index is 3470. The molecule has 7 aromatic rings. The number of pyridine rings is 1. The fourth-order valence-corrected chi connectivity index (χ4v) is 8.65. The summed E-state index contributed by atoms with van der Waals surface area (Å²) in [7, 11) is -14.5. The second-order valence-electron chi connectivity index (χ2n) is 13.8. The van der Waals surface area contributed by atoms with Crippen molar-refractivity contribution >= 4 is 76.2 Å². The zero-order valence-electron chi connectivity index (χ0n) is 30.6. The van der Waals surface area contributed by atoms with Crippen LogP contribution in [0.5, 0.6) is 0 Å². The third-order valence-corrected chi connectivity index (χ3v) is 12.5. The molecule has 14 nitrogen and oxygen atoms in total. The molecule has 2 N–H and O–H groups in total. The molecule has 0 unspecified atom stereocenters. The Kier molecular flexibility index (Phi) is 9.31. The second kappa shape index (κ2) is 14.5. The highest BCUT2D eigenvalue weighted by Crippen LogP contribution is 2.46. The molecule has 0 atom stereocenters. The number of aromatic amines is 2. The van der Waals surface area contributed by atoms with Crippen molar-refractivity contribution in [1.29, 1.82) is 0 Å². The minimum Gasteiger partial charge on any atom is -0.744 e. The van der Waals surface area contributed by atoms with Gasteiger partial charge in [-0.1, -0.05) is 36.4 Å². The molecule has 60 heavy (non-hydrogen) atoms. The summed E-state index contributed by atoms with van der Waals surface area (Å²) in [5.41, 5.74) is 8.29. The summed E-state index contributed by atoms with van der Waals surface area (Å²) >= 11 is 0. The van der Waals surface area contributed by atoms with Gasteiger partial charge in [-0.3, -0.25) is 4.98 Å². The van der Waals surface area contributed by atoms with Gasteiger partial charge in [-0.2, -0.15) is 0 Å². The standard InChI is InChI=1S/C43H29N5O9S3/c49-58(50,51)34-11-1-25(2-12-34)37-23-33-22-31-8-7-29(45-31)21-30-9-10-32(46-30)24-38-39(28-17-19-44-20-18-28)40(26-3-13-35(14-4-26)59(52,53)54)43(48-38)41(42(37)47-33)27-5-15-36(16-6-27)60(55,56)57/h1-24,45,48H,(H,49,50,51)(H,52,53,54)(H,55,56,57)/p-3. The number of fused-ring (bicyclic) bond motifs is 8. The van der Waals surface area contributed by atoms with E-state index in [1.165, 1.54) is 72.8 Å². The molecule has 0 fully saturated rings. The molecule has 0 amide bonds. The fourth-order valence-electron chi connectivity index (χ4n) is 7.24. The first-order chi connectivity index (χ1) is 28.6. The smallest absolute Gasteiger partial charge is 0.124 e. The van der Waals surface area contributed by atoms with Crippen LogP contribution in [0, 0.1) is 0 Å². The number of hydrogen-bond donors (Lipinski definition) is 2. The van der Waals surface area contributed by atoms with E-state index in [2.05, 4.69) is 15.0 Å². The molecule has 3 aromatic carbocycles. The number of H-pyrrole nitrogens is 2. The van der Waals surface area contributed by atoms with E-state index in [0.29, 0.717) is 83.8 Å². The van der Waals surface area contributed by atoms with Crippen LogP contribution >= 0.6 is 0 Å². The van der Waals surface area contributed by atoms with E-state index in [1.54, 1.807) is 36.7 Å². The van der Waals surface area contributed by atoms with Crippen molar-refractivity contribution in [3.8, 4) is 33.4 Å². The average molecular weight is 853 g/mol. The van der Waals surface area contributed by atoms with Crippen LogP contribution in [0.3, 0.4) is 0 Å². The van der Waals surface area contributed by atoms with Crippen molar-refractivity contribution < 1.29 is 38.9 Å². The van der Waals surface area contributed by atoms with Gasteiger partial charge >= 0.3 is 0 Å². The summed E-state index contributed by atoms with van der Waals surface area (Å²) in [6, 6.07) is 28.8. The minimum absolute atomic E-state index is 0.310. The van der Waals surface area contributed by atoms with Crippen LogP contribution in [-0.2, 0) is 30.4 Å². The van der Waals surface area contributed by atoms with Crippen molar-refractivity contribution in [2.75, 3.05) is 0 Å². The van der Waals surface area contributed by atoms with Crippen LogP contribution in [0.1, 0.15) is 28.3 Å². The lowest BCUT2D eigenvalue weighted by atomic mass is 9.91. The Morgan fingerprint density at radius 3 is 1.45 bits per heavy atom. The van der Waals surface area contributed by atoms with Crippen LogP contribution < -0.4 is 0 Å². The number of nitrogens with zero attached hydrogens (tertiary/aromatic N) is 3. The first-order valence-electron chi connectivity index (χ1n) is 17.9. The van der Waals surface area contributed by atoms with Gasteiger partial charge in [-0.05, 0) is 119 Å². The molecule has 2 aliphatic heterocycles. The minimum atomic E-state index is -4.86. The van der Waals surface area contributed by atoms with Gasteiger partial charge < -0.3 is 23.6 Å². The summed E-state index contributed by atoms with van der Waals surface area (Å²) in [5, 5.41) is 0. The molecular formula is C43H26N5O9S3-3. The van der Waals surface area contributed by atoms with Crippen LogP contribution in [0.25, 0.3) is 79.2 Å². The van der Waals surface area contributed by atoms with Crippen LogP contribution in [0.2, 0.25) is 0 Å². The van der Waals surface area contributed by atoms with Gasteiger partial charge in [0.05, 0.1) is 43.0 Å². The Morgan fingerprint density at radius 1 is 0.450 bits per heavy atom. The third-order valence-electron chi connectivity index (χ3n) is 9.90. The molecule has 2 aliphatic rings. The first-order valence-corrected chi connectivity index (χ1v) is 22.1. The quantitative estimate of drug-likeness (QED) is 0.152. The van der Waals surface area contributed by atoms with Gasteiger partial charge in [-0.15, -0.1) is 0 Å². The Labute approximate surface area is 342 Å². The van der Waals surface area contributed by atoms with Crippen LogP contribution in [0.15, 0.2) is 142 Å². The predicted octanol–water partition coefficient (Wildman–Crippen LogP) is 7.18. The lowest BCUT2D eigenvalue weighted by molar-refractivity contribution is 0.461. The summed E-state index contributed by atoms with van der Waals surface area (Å²) in [4.78, 5) is 19.7. The Balaban J connectivity index is 1.51. The zero-order valence-corrected chi connectivity index (χ0v) is 33.0. The number of nitrogens with one attached hydrogen (secondary N) is 2. The van der Waals surface area contributed by atoms with Gasteiger partial charge in [0, 0.05) is 51.2 Å². The van der Waals surface area contributed by atoms with Crippen molar-refractivity contribution in [2.45, 2.75) is 14.7 Å². The Hall–Kier alpha value is -6.86. The normalized spacial score (nSPS) is 13.0. The topological polar surface area (TPSA) is 242 Å². The average Bonchev–Trinajstić information content (AvgIpc) is 4.02. The summed E-state index contributed by atoms with van der Waals surface area (Å²) in [6.07, 6.45) is 8.68. The lowest BCUT2D eigenvalue weighted by Gasteiger charge is -2.14. The summed E-state index contributed by atoms with van der Waals surface area (Å²) in [5.74, 6) is 0. The van der Waals surface area contributed by atoms with E-state index in [4.69, 9.17) is 9.97 Å². The Morgan fingerprint density at radius 2 is 0.917 bits per heavy atom.